The zero-order chi connectivity index (χ0) is 17.3. The van der Waals surface area contributed by atoms with Gasteiger partial charge in [0.15, 0.2) is 0 Å². The largest absolute Gasteiger partial charge is 0.573 e. The molecule has 0 spiro atoms. The van der Waals surface area contributed by atoms with Crippen molar-refractivity contribution in [3.63, 3.8) is 0 Å². The van der Waals surface area contributed by atoms with Crippen molar-refractivity contribution >= 4 is 12.0 Å². The summed E-state index contributed by atoms with van der Waals surface area (Å²) in [4.78, 5) is 10.2. The molecular formula is C16H16F3NO3. The van der Waals surface area contributed by atoms with Crippen LogP contribution >= 0.6 is 0 Å². The van der Waals surface area contributed by atoms with E-state index in [0.717, 1.165) is 23.4 Å². The highest BCUT2D eigenvalue weighted by Crippen LogP contribution is 2.22. The van der Waals surface area contributed by atoms with Gasteiger partial charge in [0, 0.05) is 18.3 Å². The van der Waals surface area contributed by atoms with Gasteiger partial charge in [-0.05, 0) is 29.8 Å². The lowest BCUT2D eigenvalue weighted by atomic mass is 10.2. The van der Waals surface area contributed by atoms with Crippen molar-refractivity contribution in [3.8, 4) is 5.75 Å². The molecule has 0 saturated heterocycles. The second-order valence-electron chi connectivity index (χ2n) is 4.34. The SMILES string of the molecule is CNc1ccc(CO)cc1.O=Cc1cccc(OC(F)(F)F)c1. The third-order valence-corrected chi connectivity index (χ3v) is 2.65. The van der Waals surface area contributed by atoms with Gasteiger partial charge in [0.25, 0.3) is 0 Å². The number of halogens is 3. The number of aldehydes is 1. The highest BCUT2D eigenvalue weighted by molar-refractivity contribution is 5.75. The molecule has 124 valence electrons. The Morgan fingerprint density at radius 1 is 1.17 bits per heavy atom. The maximum Gasteiger partial charge on any atom is 0.573 e. The van der Waals surface area contributed by atoms with Crippen molar-refractivity contribution in [2.45, 2.75) is 13.0 Å². The topological polar surface area (TPSA) is 58.6 Å². The monoisotopic (exact) mass is 327 g/mol. The molecule has 0 radical (unpaired) electrons. The van der Waals surface area contributed by atoms with Gasteiger partial charge < -0.3 is 15.2 Å². The van der Waals surface area contributed by atoms with Crippen molar-refractivity contribution in [1.82, 2.24) is 0 Å². The summed E-state index contributed by atoms with van der Waals surface area (Å²) in [6, 6.07) is 12.5. The van der Waals surface area contributed by atoms with Crippen LogP contribution in [0.25, 0.3) is 0 Å². The minimum Gasteiger partial charge on any atom is -0.406 e. The normalized spacial score (nSPS) is 10.3. The Kier molecular flexibility index (Phi) is 7.08. The Morgan fingerprint density at radius 3 is 2.30 bits per heavy atom. The van der Waals surface area contributed by atoms with Gasteiger partial charge in [-0.25, -0.2) is 0 Å². The van der Waals surface area contributed by atoms with Crippen molar-refractivity contribution in [2.75, 3.05) is 12.4 Å². The van der Waals surface area contributed by atoms with Gasteiger partial charge in [-0.15, -0.1) is 13.2 Å². The average Bonchev–Trinajstić information content (AvgIpc) is 2.54. The summed E-state index contributed by atoms with van der Waals surface area (Å²) in [6.45, 7) is 0.115. The zero-order valence-corrected chi connectivity index (χ0v) is 12.3. The number of alkyl halides is 3. The number of benzene rings is 2. The van der Waals surface area contributed by atoms with E-state index in [9.17, 15) is 18.0 Å². The second-order valence-corrected chi connectivity index (χ2v) is 4.34. The maximum atomic E-state index is 11.7. The first-order chi connectivity index (χ1) is 10.9. The Balaban J connectivity index is 0.000000238. The molecule has 2 rings (SSSR count). The first kappa shape index (κ1) is 18.5. The van der Waals surface area contributed by atoms with Crippen LogP contribution in [0.2, 0.25) is 0 Å². The van der Waals surface area contributed by atoms with Crippen LogP contribution in [0.1, 0.15) is 15.9 Å². The molecule has 0 unspecified atom stereocenters. The molecule has 4 nitrogen and oxygen atoms in total. The third-order valence-electron chi connectivity index (χ3n) is 2.65. The molecule has 0 fully saturated rings. The molecule has 0 atom stereocenters. The second kappa shape index (κ2) is 8.79. The fraction of sp³-hybridized carbons (Fsp3) is 0.188. The van der Waals surface area contributed by atoms with Gasteiger partial charge in [-0.3, -0.25) is 4.79 Å². The molecule has 7 heteroatoms. The van der Waals surface area contributed by atoms with Crippen LogP contribution in [0.3, 0.4) is 0 Å². The first-order valence-electron chi connectivity index (χ1n) is 6.56. The number of aliphatic hydroxyl groups is 1. The van der Waals surface area contributed by atoms with Crippen LogP contribution in [-0.2, 0) is 6.61 Å². The lowest BCUT2D eigenvalue weighted by Gasteiger charge is -2.08. The predicted molar refractivity (Wildman–Crippen MR) is 80.4 cm³/mol. The van der Waals surface area contributed by atoms with E-state index in [0.29, 0.717) is 6.29 Å². The maximum absolute atomic E-state index is 11.7. The lowest BCUT2D eigenvalue weighted by molar-refractivity contribution is -0.274. The van der Waals surface area contributed by atoms with Gasteiger partial charge in [0.05, 0.1) is 6.61 Å². The number of anilines is 1. The van der Waals surface area contributed by atoms with Crippen molar-refractivity contribution in [3.05, 3.63) is 59.7 Å². The molecule has 2 aromatic rings. The summed E-state index contributed by atoms with van der Waals surface area (Å²) in [6.07, 6.45) is -4.27. The van der Waals surface area contributed by atoms with Crippen molar-refractivity contribution in [2.24, 2.45) is 0 Å². The van der Waals surface area contributed by atoms with Gasteiger partial charge in [-0.1, -0.05) is 24.3 Å². The molecule has 0 heterocycles. The van der Waals surface area contributed by atoms with Gasteiger partial charge in [0.1, 0.15) is 12.0 Å². The number of hydrogen-bond donors (Lipinski definition) is 2. The van der Waals surface area contributed by atoms with E-state index in [1.54, 1.807) is 0 Å². The van der Waals surface area contributed by atoms with Gasteiger partial charge in [0.2, 0.25) is 0 Å². The van der Waals surface area contributed by atoms with Crippen LogP contribution in [-0.4, -0.2) is 24.8 Å². The number of rotatable bonds is 4. The fourth-order valence-electron chi connectivity index (χ4n) is 1.56. The molecule has 0 bridgehead atoms. The molecule has 0 aromatic heterocycles. The number of carbonyl (C=O) groups excluding carboxylic acids is 1. The quantitative estimate of drug-likeness (QED) is 0.842. The van der Waals surface area contributed by atoms with Gasteiger partial charge in [-0.2, -0.15) is 0 Å². The Bertz CT molecular complexity index is 590. The highest BCUT2D eigenvalue weighted by atomic mass is 19.4. The average molecular weight is 327 g/mol. The van der Waals surface area contributed by atoms with Gasteiger partial charge >= 0.3 is 6.36 Å². The van der Waals surface area contributed by atoms with Crippen LogP contribution in [0.15, 0.2) is 48.5 Å². The number of aliphatic hydroxyl groups excluding tert-OH is 1. The van der Waals surface area contributed by atoms with E-state index in [2.05, 4.69) is 10.1 Å². The van der Waals surface area contributed by atoms with E-state index < -0.39 is 12.1 Å². The molecule has 0 aliphatic carbocycles. The number of hydrogen-bond acceptors (Lipinski definition) is 4. The number of nitrogens with one attached hydrogen (secondary N) is 1. The van der Waals surface area contributed by atoms with Crippen molar-refractivity contribution < 1.29 is 27.8 Å². The Morgan fingerprint density at radius 2 is 1.83 bits per heavy atom. The minimum absolute atomic E-state index is 0.115. The minimum atomic E-state index is -4.72. The van der Waals surface area contributed by atoms with E-state index in [-0.39, 0.29) is 12.2 Å². The first-order valence-corrected chi connectivity index (χ1v) is 6.56. The summed E-state index contributed by atoms with van der Waals surface area (Å²) in [5, 5.41) is 11.7. The molecule has 23 heavy (non-hydrogen) atoms. The molecule has 2 N–H and O–H groups in total. The number of ether oxygens (including phenoxy) is 1. The molecular weight excluding hydrogens is 311 g/mol. The molecule has 2 aromatic carbocycles. The van der Waals surface area contributed by atoms with E-state index in [1.165, 1.54) is 12.1 Å². The van der Waals surface area contributed by atoms with Crippen molar-refractivity contribution in [1.29, 1.82) is 0 Å². The Labute approximate surface area is 131 Å². The molecule has 0 aliphatic heterocycles. The van der Waals surface area contributed by atoms with Crippen LogP contribution in [0.4, 0.5) is 18.9 Å². The summed E-state index contributed by atoms with van der Waals surface area (Å²) in [5.41, 5.74) is 2.15. The van der Waals surface area contributed by atoms with Crippen LogP contribution in [0.5, 0.6) is 5.75 Å². The molecule has 0 aliphatic rings. The van der Waals surface area contributed by atoms with E-state index in [4.69, 9.17) is 5.11 Å². The Hall–Kier alpha value is -2.54. The molecule has 0 amide bonds. The summed E-state index contributed by atoms with van der Waals surface area (Å²) < 4.78 is 38.6. The fourth-order valence-corrected chi connectivity index (χ4v) is 1.56. The predicted octanol–water partition coefficient (Wildman–Crippen LogP) is 3.62. The highest BCUT2D eigenvalue weighted by Gasteiger charge is 2.31. The lowest BCUT2D eigenvalue weighted by Crippen LogP contribution is -2.17. The number of carbonyl (C=O) groups is 1. The summed E-state index contributed by atoms with van der Waals surface area (Å²) in [7, 11) is 1.87. The zero-order valence-electron chi connectivity index (χ0n) is 12.3. The van der Waals surface area contributed by atoms with E-state index in [1.807, 2.05) is 31.3 Å². The summed E-state index contributed by atoms with van der Waals surface area (Å²) >= 11 is 0. The summed E-state index contributed by atoms with van der Waals surface area (Å²) in [5.74, 6) is -0.392. The van der Waals surface area contributed by atoms with Crippen LogP contribution < -0.4 is 10.1 Å². The standard InChI is InChI=1S/C8H5F3O2.C8H11NO/c9-8(10,11)13-7-3-1-2-6(4-7)5-12;1-9-8-4-2-7(6-10)3-5-8/h1-5H;2-5,9-10H,6H2,1H3. The van der Waals surface area contributed by atoms with Crippen LogP contribution in [0, 0.1) is 0 Å². The third kappa shape index (κ3) is 7.32. The van der Waals surface area contributed by atoms with E-state index >= 15 is 0 Å². The smallest absolute Gasteiger partial charge is 0.406 e. The molecule has 0 saturated carbocycles.